The van der Waals surface area contributed by atoms with E-state index in [1.807, 2.05) is 12.1 Å². The fraction of sp³-hybridized carbons (Fsp3) is 0. The number of rotatable bonds is 1. The van der Waals surface area contributed by atoms with Crippen molar-refractivity contribution in [3.05, 3.63) is 42.5 Å². The molecule has 0 unspecified atom stereocenters. The SMILES string of the molecule is O=C(O)S(=O)(=O)c1ccc2ccccc2c1. The number of hydrogen-bond donors (Lipinski definition) is 1. The molecule has 16 heavy (non-hydrogen) atoms. The molecule has 5 heteroatoms. The molecular weight excluding hydrogens is 228 g/mol. The predicted molar refractivity (Wildman–Crippen MR) is 59.2 cm³/mol. The molecule has 1 N–H and O–H groups in total. The molecule has 0 aliphatic carbocycles. The molecule has 4 nitrogen and oxygen atoms in total. The van der Waals surface area contributed by atoms with Gasteiger partial charge in [-0.1, -0.05) is 30.3 Å². The molecule has 0 aliphatic heterocycles. The Morgan fingerprint density at radius 2 is 1.62 bits per heavy atom. The molecule has 2 rings (SSSR count). The summed E-state index contributed by atoms with van der Waals surface area (Å²) in [5.74, 6) is 0. The minimum atomic E-state index is -4.25. The van der Waals surface area contributed by atoms with Crippen LogP contribution in [0.2, 0.25) is 0 Å². The van der Waals surface area contributed by atoms with E-state index in [2.05, 4.69) is 0 Å². The van der Waals surface area contributed by atoms with Gasteiger partial charge >= 0.3 is 5.30 Å². The Kier molecular flexibility index (Phi) is 2.40. The third-order valence-corrected chi connectivity index (χ3v) is 3.60. The molecule has 0 aliphatic rings. The summed E-state index contributed by atoms with van der Waals surface area (Å²) in [6.45, 7) is 0. The Bertz CT molecular complexity index is 658. The van der Waals surface area contributed by atoms with Crippen LogP contribution < -0.4 is 0 Å². The Morgan fingerprint density at radius 1 is 1.00 bits per heavy atom. The summed E-state index contributed by atoms with van der Waals surface area (Å²) in [5.41, 5.74) is 0. The van der Waals surface area contributed by atoms with Gasteiger partial charge in [-0.05, 0) is 22.9 Å². The number of benzene rings is 2. The summed E-state index contributed by atoms with van der Waals surface area (Å²) >= 11 is 0. The van der Waals surface area contributed by atoms with Gasteiger partial charge in [0.25, 0.3) is 9.84 Å². The van der Waals surface area contributed by atoms with E-state index >= 15 is 0 Å². The average molecular weight is 236 g/mol. The maximum Gasteiger partial charge on any atom is 0.427 e. The highest BCUT2D eigenvalue weighted by molar-refractivity contribution is 8.05. The highest BCUT2D eigenvalue weighted by Gasteiger charge is 2.23. The molecule has 0 heterocycles. The van der Waals surface area contributed by atoms with Crippen LogP contribution in [0.3, 0.4) is 0 Å². The quantitative estimate of drug-likeness (QED) is 0.824. The predicted octanol–water partition coefficient (Wildman–Crippen LogP) is 2.29. The zero-order valence-electron chi connectivity index (χ0n) is 8.12. The molecule has 0 bridgehead atoms. The van der Waals surface area contributed by atoms with E-state index in [0.29, 0.717) is 5.39 Å². The van der Waals surface area contributed by atoms with Crippen molar-refractivity contribution in [2.24, 2.45) is 0 Å². The molecular formula is C11H8O4S. The highest BCUT2D eigenvalue weighted by Crippen LogP contribution is 2.19. The van der Waals surface area contributed by atoms with Crippen molar-refractivity contribution in [3.8, 4) is 0 Å². The highest BCUT2D eigenvalue weighted by atomic mass is 32.2. The Morgan fingerprint density at radius 3 is 2.25 bits per heavy atom. The Labute approximate surface area is 92.1 Å². The van der Waals surface area contributed by atoms with E-state index in [1.165, 1.54) is 12.1 Å². The van der Waals surface area contributed by atoms with E-state index in [1.54, 1.807) is 18.2 Å². The maximum atomic E-state index is 11.4. The molecule has 0 spiro atoms. The smallest absolute Gasteiger partial charge is 0.427 e. The van der Waals surface area contributed by atoms with Gasteiger partial charge in [0.15, 0.2) is 0 Å². The molecule has 0 aromatic heterocycles. The largest absolute Gasteiger partial charge is 0.469 e. The van der Waals surface area contributed by atoms with Gasteiger partial charge in [-0.2, -0.15) is 0 Å². The summed E-state index contributed by atoms with van der Waals surface area (Å²) in [5, 5.41) is 8.31. The first-order valence-corrected chi connectivity index (χ1v) is 5.97. The van der Waals surface area contributed by atoms with Crippen molar-refractivity contribution in [3.63, 3.8) is 0 Å². The Balaban J connectivity index is 2.69. The third-order valence-electron chi connectivity index (χ3n) is 2.26. The summed E-state index contributed by atoms with van der Waals surface area (Å²) in [6.07, 6.45) is 0. The van der Waals surface area contributed by atoms with Crippen LogP contribution in [0.1, 0.15) is 0 Å². The van der Waals surface area contributed by atoms with Crippen LogP contribution in [0, 0.1) is 0 Å². The van der Waals surface area contributed by atoms with Crippen LogP contribution in [0.5, 0.6) is 0 Å². The van der Waals surface area contributed by atoms with Crippen LogP contribution in [0.15, 0.2) is 47.4 Å². The molecule has 0 saturated heterocycles. The van der Waals surface area contributed by atoms with E-state index in [-0.39, 0.29) is 4.90 Å². The second-order valence-electron chi connectivity index (χ2n) is 3.28. The second kappa shape index (κ2) is 3.61. The molecule has 82 valence electrons. The maximum absolute atomic E-state index is 11.4. The number of carboxylic acid groups (broad SMARTS) is 1. The van der Waals surface area contributed by atoms with Gasteiger partial charge in [0.05, 0.1) is 4.90 Å². The van der Waals surface area contributed by atoms with Gasteiger partial charge in [-0.15, -0.1) is 0 Å². The lowest BCUT2D eigenvalue weighted by atomic mass is 10.1. The molecule has 0 atom stereocenters. The third kappa shape index (κ3) is 1.65. The minimum absolute atomic E-state index is 0.196. The fourth-order valence-corrected chi connectivity index (χ4v) is 2.17. The van der Waals surface area contributed by atoms with Crippen molar-refractivity contribution < 1.29 is 18.3 Å². The van der Waals surface area contributed by atoms with Gasteiger partial charge in [0.1, 0.15) is 0 Å². The summed E-state index contributed by atoms with van der Waals surface area (Å²) in [6, 6.07) is 11.4. The van der Waals surface area contributed by atoms with Crippen molar-refractivity contribution in [2.75, 3.05) is 0 Å². The molecule has 0 radical (unpaired) electrons. The molecule has 0 saturated carbocycles. The monoisotopic (exact) mass is 236 g/mol. The molecule has 2 aromatic rings. The van der Waals surface area contributed by atoms with Crippen LogP contribution in [-0.4, -0.2) is 18.8 Å². The normalized spacial score (nSPS) is 11.5. The zero-order valence-corrected chi connectivity index (χ0v) is 8.94. The summed E-state index contributed by atoms with van der Waals surface area (Å²) in [4.78, 5) is 10.4. The summed E-state index contributed by atoms with van der Waals surface area (Å²) < 4.78 is 22.8. The fourth-order valence-electron chi connectivity index (χ4n) is 1.44. The number of carbonyl (C=O) groups is 1. The number of fused-ring (bicyclic) bond motifs is 1. The topological polar surface area (TPSA) is 71.4 Å². The van der Waals surface area contributed by atoms with E-state index < -0.39 is 15.1 Å². The lowest BCUT2D eigenvalue weighted by Gasteiger charge is -2.01. The standard InChI is InChI=1S/C11H8O4S/c12-11(13)16(14,15)10-6-5-8-3-1-2-4-9(8)7-10/h1-7H,(H,12,13). The van der Waals surface area contributed by atoms with E-state index in [0.717, 1.165) is 5.39 Å². The average Bonchev–Trinajstić information content (AvgIpc) is 2.28. The van der Waals surface area contributed by atoms with Gasteiger partial charge in [0.2, 0.25) is 0 Å². The minimum Gasteiger partial charge on any atom is -0.469 e. The van der Waals surface area contributed by atoms with Crippen molar-refractivity contribution in [1.29, 1.82) is 0 Å². The van der Waals surface area contributed by atoms with E-state index in [4.69, 9.17) is 5.11 Å². The van der Waals surface area contributed by atoms with Crippen LogP contribution in [-0.2, 0) is 9.84 Å². The van der Waals surface area contributed by atoms with Crippen molar-refractivity contribution in [1.82, 2.24) is 0 Å². The van der Waals surface area contributed by atoms with Gasteiger partial charge < -0.3 is 5.11 Å². The summed E-state index contributed by atoms with van der Waals surface area (Å²) in [7, 11) is -4.25. The van der Waals surface area contributed by atoms with E-state index in [9.17, 15) is 13.2 Å². The Hall–Kier alpha value is -1.88. The lowest BCUT2D eigenvalue weighted by Crippen LogP contribution is -2.11. The first kappa shape index (κ1) is 10.6. The first-order chi connectivity index (χ1) is 7.51. The number of hydrogen-bond acceptors (Lipinski definition) is 3. The number of sulfone groups is 1. The van der Waals surface area contributed by atoms with Crippen LogP contribution >= 0.6 is 0 Å². The van der Waals surface area contributed by atoms with Crippen molar-refractivity contribution >= 4 is 25.9 Å². The second-order valence-corrected chi connectivity index (χ2v) is 5.11. The zero-order chi connectivity index (χ0) is 11.8. The van der Waals surface area contributed by atoms with Gasteiger partial charge in [0, 0.05) is 0 Å². The first-order valence-electron chi connectivity index (χ1n) is 4.48. The van der Waals surface area contributed by atoms with Gasteiger partial charge in [-0.25, -0.2) is 13.2 Å². The molecule has 0 fully saturated rings. The van der Waals surface area contributed by atoms with Crippen LogP contribution in [0.25, 0.3) is 10.8 Å². The van der Waals surface area contributed by atoms with Crippen LogP contribution in [0.4, 0.5) is 4.79 Å². The van der Waals surface area contributed by atoms with Gasteiger partial charge in [-0.3, -0.25) is 0 Å². The lowest BCUT2D eigenvalue weighted by molar-refractivity contribution is 0.219. The molecule has 2 aromatic carbocycles. The van der Waals surface area contributed by atoms with Crippen molar-refractivity contribution in [2.45, 2.75) is 4.90 Å². The molecule has 0 amide bonds.